The maximum absolute atomic E-state index is 5.56. The third-order valence-corrected chi connectivity index (χ3v) is 3.75. The molecule has 0 fully saturated rings. The van der Waals surface area contributed by atoms with Gasteiger partial charge in [0.2, 0.25) is 0 Å². The molecule has 0 spiro atoms. The van der Waals surface area contributed by atoms with Crippen LogP contribution in [0.2, 0.25) is 0 Å². The van der Waals surface area contributed by atoms with E-state index >= 15 is 0 Å². The number of pyridine rings is 1. The third-order valence-electron chi connectivity index (χ3n) is 2.75. The Kier molecular flexibility index (Phi) is 6.02. The lowest BCUT2D eigenvalue weighted by molar-refractivity contribution is 0.320. The average molecular weight is 304 g/mol. The Hall–Kier alpha value is -2.08. The Morgan fingerprint density at radius 2 is 2.24 bits per heavy atom. The quantitative estimate of drug-likeness (QED) is 0.488. The van der Waals surface area contributed by atoms with E-state index in [-0.39, 0.29) is 0 Å². The zero-order valence-corrected chi connectivity index (χ0v) is 13.1. The summed E-state index contributed by atoms with van der Waals surface area (Å²) in [4.78, 5) is 10.8. The molecule has 21 heavy (non-hydrogen) atoms. The van der Waals surface area contributed by atoms with Crippen LogP contribution in [0.1, 0.15) is 9.75 Å². The molecule has 0 aliphatic carbocycles. The van der Waals surface area contributed by atoms with Gasteiger partial charge in [-0.05, 0) is 31.2 Å². The molecule has 2 aromatic rings. The lowest BCUT2D eigenvalue weighted by Gasteiger charge is -2.11. The molecule has 0 aromatic carbocycles. The monoisotopic (exact) mass is 304 g/mol. The largest absolute Gasteiger partial charge is 0.490 e. The van der Waals surface area contributed by atoms with Gasteiger partial charge in [0.1, 0.15) is 12.4 Å². The molecule has 0 aliphatic heterocycles. The van der Waals surface area contributed by atoms with Crippen molar-refractivity contribution in [1.82, 2.24) is 15.6 Å². The normalized spacial score (nSPS) is 11.2. The Bertz CT molecular complexity index is 568. The van der Waals surface area contributed by atoms with E-state index in [1.165, 1.54) is 9.75 Å². The lowest BCUT2D eigenvalue weighted by Crippen LogP contribution is -2.38. The fourth-order valence-electron chi connectivity index (χ4n) is 1.74. The van der Waals surface area contributed by atoms with Crippen LogP contribution >= 0.6 is 11.3 Å². The first-order chi connectivity index (χ1) is 10.3. The topological polar surface area (TPSA) is 58.5 Å². The van der Waals surface area contributed by atoms with Crippen LogP contribution < -0.4 is 15.4 Å². The van der Waals surface area contributed by atoms with Gasteiger partial charge in [-0.3, -0.25) is 9.98 Å². The number of hydrogen-bond acceptors (Lipinski definition) is 4. The summed E-state index contributed by atoms with van der Waals surface area (Å²) in [7, 11) is 1.76. The summed E-state index contributed by atoms with van der Waals surface area (Å²) >= 11 is 1.79. The van der Waals surface area contributed by atoms with Crippen LogP contribution in [0.4, 0.5) is 0 Å². The van der Waals surface area contributed by atoms with Crippen LogP contribution in [-0.2, 0) is 6.54 Å². The average Bonchev–Trinajstić information content (AvgIpc) is 2.93. The number of ether oxygens (including phenoxy) is 1. The molecular formula is C15H20N4OS. The van der Waals surface area contributed by atoms with Crippen LogP contribution in [0.15, 0.2) is 41.7 Å². The molecule has 0 unspecified atom stereocenters. The number of aryl methyl sites for hydroxylation is 1. The SMILES string of the molecule is CN=C(NCCOc1cccnc1)NCc1ccc(C)s1. The molecule has 0 saturated carbocycles. The van der Waals surface area contributed by atoms with Gasteiger partial charge in [0, 0.05) is 23.0 Å². The van der Waals surface area contributed by atoms with Crippen LogP contribution in [-0.4, -0.2) is 31.1 Å². The predicted molar refractivity (Wildman–Crippen MR) is 87.0 cm³/mol. The molecule has 0 atom stereocenters. The third kappa shape index (κ3) is 5.43. The molecule has 0 saturated heterocycles. The first kappa shape index (κ1) is 15.3. The van der Waals surface area contributed by atoms with Crippen molar-refractivity contribution in [2.75, 3.05) is 20.2 Å². The second-order valence-electron chi connectivity index (χ2n) is 4.40. The van der Waals surface area contributed by atoms with Gasteiger partial charge in [-0.25, -0.2) is 0 Å². The number of hydrogen-bond donors (Lipinski definition) is 2. The van der Waals surface area contributed by atoms with Crippen LogP contribution in [0.3, 0.4) is 0 Å². The highest BCUT2D eigenvalue weighted by atomic mass is 32.1. The van der Waals surface area contributed by atoms with E-state index in [1.54, 1.807) is 30.8 Å². The van der Waals surface area contributed by atoms with Gasteiger partial charge in [0.05, 0.1) is 19.3 Å². The molecule has 0 aliphatic rings. The Morgan fingerprint density at radius 1 is 1.33 bits per heavy atom. The molecule has 2 aromatic heterocycles. The summed E-state index contributed by atoms with van der Waals surface area (Å²) in [5.41, 5.74) is 0. The fourth-order valence-corrected chi connectivity index (χ4v) is 2.57. The van der Waals surface area contributed by atoms with Gasteiger partial charge >= 0.3 is 0 Å². The summed E-state index contributed by atoms with van der Waals surface area (Å²) in [6, 6.07) is 8.00. The van der Waals surface area contributed by atoms with Crippen molar-refractivity contribution in [3.05, 3.63) is 46.4 Å². The van der Waals surface area contributed by atoms with Crippen molar-refractivity contribution in [2.45, 2.75) is 13.5 Å². The summed E-state index contributed by atoms with van der Waals surface area (Å²) in [6.07, 6.45) is 3.43. The van der Waals surface area contributed by atoms with E-state index in [9.17, 15) is 0 Å². The van der Waals surface area contributed by atoms with Crippen LogP contribution in [0, 0.1) is 6.92 Å². The van der Waals surface area contributed by atoms with Crippen LogP contribution in [0.5, 0.6) is 5.75 Å². The van der Waals surface area contributed by atoms with Crippen molar-refractivity contribution in [3.8, 4) is 5.75 Å². The molecular weight excluding hydrogens is 284 g/mol. The lowest BCUT2D eigenvalue weighted by atomic mass is 10.4. The summed E-state index contributed by atoms with van der Waals surface area (Å²) in [5.74, 6) is 1.55. The predicted octanol–water partition coefficient (Wildman–Crippen LogP) is 2.20. The number of aliphatic imine (C=N–C) groups is 1. The minimum atomic E-state index is 0.560. The molecule has 0 amide bonds. The second kappa shape index (κ2) is 8.26. The second-order valence-corrected chi connectivity index (χ2v) is 5.77. The summed E-state index contributed by atoms with van der Waals surface area (Å²) < 4.78 is 5.56. The maximum atomic E-state index is 5.56. The van der Waals surface area contributed by atoms with E-state index in [4.69, 9.17) is 4.74 Å². The highest BCUT2D eigenvalue weighted by Gasteiger charge is 2.00. The van der Waals surface area contributed by atoms with Gasteiger partial charge in [-0.15, -0.1) is 11.3 Å². The first-order valence-corrected chi connectivity index (χ1v) is 7.62. The van der Waals surface area contributed by atoms with Crippen LogP contribution in [0.25, 0.3) is 0 Å². The smallest absolute Gasteiger partial charge is 0.191 e. The van der Waals surface area contributed by atoms with Gasteiger partial charge in [-0.2, -0.15) is 0 Å². The van der Waals surface area contributed by atoms with Crippen molar-refractivity contribution >= 4 is 17.3 Å². The highest BCUT2D eigenvalue weighted by Crippen LogP contribution is 2.14. The van der Waals surface area contributed by atoms with Gasteiger partial charge in [0.15, 0.2) is 5.96 Å². The van der Waals surface area contributed by atoms with Gasteiger partial charge < -0.3 is 15.4 Å². The molecule has 5 nitrogen and oxygen atoms in total. The standard InChI is InChI=1S/C15H20N4OS/c1-12-5-6-14(21-12)11-19-15(16-2)18-8-9-20-13-4-3-7-17-10-13/h3-7,10H,8-9,11H2,1-2H3,(H2,16,18,19). The fraction of sp³-hybridized carbons (Fsp3) is 0.333. The molecule has 2 N–H and O–H groups in total. The maximum Gasteiger partial charge on any atom is 0.191 e. The highest BCUT2D eigenvalue weighted by molar-refractivity contribution is 7.11. The Morgan fingerprint density at radius 3 is 2.90 bits per heavy atom. The minimum absolute atomic E-state index is 0.560. The molecule has 0 radical (unpaired) electrons. The van der Waals surface area contributed by atoms with Crippen molar-refractivity contribution in [3.63, 3.8) is 0 Å². The number of guanidine groups is 1. The Balaban J connectivity index is 1.66. The Labute approximate surface area is 129 Å². The first-order valence-electron chi connectivity index (χ1n) is 6.80. The molecule has 112 valence electrons. The number of aromatic nitrogens is 1. The minimum Gasteiger partial charge on any atom is -0.490 e. The summed E-state index contributed by atoms with van der Waals surface area (Å²) in [6.45, 7) is 4.13. The van der Waals surface area contributed by atoms with Crippen molar-refractivity contribution < 1.29 is 4.74 Å². The van der Waals surface area contributed by atoms with E-state index < -0.39 is 0 Å². The zero-order chi connectivity index (χ0) is 14.9. The van der Waals surface area contributed by atoms with Gasteiger partial charge in [-0.1, -0.05) is 0 Å². The molecule has 6 heteroatoms. The number of nitrogens with zero attached hydrogens (tertiary/aromatic N) is 2. The number of rotatable bonds is 6. The number of thiophene rings is 1. The molecule has 0 bridgehead atoms. The van der Waals surface area contributed by atoms with Crippen molar-refractivity contribution in [2.24, 2.45) is 4.99 Å². The van der Waals surface area contributed by atoms with E-state index in [2.05, 4.69) is 39.7 Å². The van der Waals surface area contributed by atoms with E-state index in [0.29, 0.717) is 13.2 Å². The molecule has 2 rings (SSSR count). The van der Waals surface area contributed by atoms with E-state index in [0.717, 1.165) is 18.3 Å². The summed E-state index contributed by atoms with van der Waals surface area (Å²) in [5, 5.41) is 6.49. The van der Waals surface area contributed by atoms with Gasteiger partial charge in [0.25, 0.3) is 0 Å². The van der Waals surface area contributed by atoms with E-state index in [1.807, 2.05) is 12.1 Å². The number of nitrogens with one attached hydrogen (secondary N) is 2. The van der Waals surface area contributed by atoms with Crippen molar-refractivity contribution in [1.29, 1.82) is 0 Å². The molecule has 2 heterocycles. The zero-order valence-electron chi connectivity index (χ0n) is 12.3.